The van der Waals surface area contributed by atoms with Gasteiger partial charge in [-0.05, 0) is 38.0 Å². The van der Waals surface area contributed by atoms with E-state index in [2.05, 4.69) is 10.6 Å². The van der Waals surface area contributed by atoms with E-state index in [0.717, 1.165) is 10.5 Å². The van der Waals surface area contributed by atoms with Crippen LogP contribution in [0.3, 0.4) is 0 Å². The molecule has 1 aromatic rings. The fraction of sp³-hybridized carbons (Fsp3) is 0.500. The summed E-state index contributed by atoms with van der Waals surface area (Å²) >= 11 is 0. The molecular formula is C18H25N3O5. The molecule has 2 rings (SSSR count). The maximum atomic E-state index is 12.4. The Morgan fingerprint density at radius 3 is 2.54 bits per heavy atom. The fourth-order valence-corrected chi connectivity index (χ4v) is 2.77. The lowest BCUT2D eigenvalue weighted by Gasteiger charge is -2.14. The number of ether oxygens (including phenoxy) is 2. The standard InChI is InChI=1S/C18H25N3O5/c1-11(2)19-16(22)10-13-17(23)21(18(24)20-13)8-7-12-5-6-14(25-3)15(9-12)26-4/h5-6,9,11,13H,7-8,10H2,1-4H3,(H,19,22)(H,20,24)/t13-/m0/s1. The highest BCUT2D eigenvalue weighted by Gasteiger charge is 2.38. The molecule has 1 aliphatic rings. The van der Waals surface area contributed by atoms with Crippen molar-refractivity contribution >= 4 is 17.8 Å². The number of imide groups is 1. The number of carbonyl (C=O) groups is 3. The van der Waals surface area contributed by atoms with Gasteiger partial charge >= 0.3 is 6.03 Å². The summed E-state index contributed by atoms with van der Waals surface area (Å²) in [6.07, 6.45) is 0.417. The quantitative estimate of drug-likeness (QED) is 0.674. The molecule has 0 saturated carbocycles. The van der Waals surface area contributed by atoms with Crippen molar-refractivity contribution < 1.29 is 23.9 Å². The van der Waals surface area contributed by atoms with Gasteiger partial charge in [0.2, 0.25) is 5.91 Å². The van der Waals surface area contributed by atoms with Gasteiger partial charge in [-0.25, -0.2) is 4.79 Å². The van der Waals surface area contributed by atoms with Crippen LogP contribution in [0, 0.1) is 0 Å². The molecule has 1 aromatic carbocycles. The minimum atomic E-state index is -0.813. The highest BCUT2D eigenvalue weighted by Crippen LogP contribution is 2.27. The van der Waals surface area contributed by atoms with Crippen LogP contribution >= 0.6 is 0 Å². The first-order valence-electron chi connectivity index (χ1n) is 8.47. The molecule has 1 fully saturated rings. The molecule has 8 nitrogen and oxygen atoms in total. The van der Waals surface area contributed by atoms with Crippen molar-refractivity contribution in [1.82, 2.24) is 15.5 Å². The van der Waals surface area contributed by atoms with Gasteiger partial charge in [0.1, 0.15) is 6.04 Å². The zero-order valence-electron chi connectivity index (χ0n) is 15.5. The molecule has 0 bridgehead atoms. The summed E-state index contributed by atoms with van der Waals surface area (Å²) < 4.78 is 10.4. The number of methoxy groups -OCH3 is 2. The van der Waals surface area contributed by atoms with Gasteiger partial charge in [-0.15, -0.1) is 0 Å². The molecule has 26 heavy (non-hydrogen) atoms. The lowest BCUT2D eigenvalue weighted by Crippen LogP contribution is -2.38. The van der Waals surface area contributed by atoms with Gasteiger partial charge in [0.25, 0.3) is 5.91 Å². The number of nitrogens with one attached hydrogen (secondary N) is 2. The highest BCUT2D eigenvalue weighted by molar-refractivity contribution is 6.05. The third-order valence-electron chi connectivity index (χ3n) is 4.02. The van der Waals surface area contributed by atoms with E-state index in [1.54, 1.807) is 20.3 Å². The molecule has 0 unspecified atom stereocenters. The zero-order chi connectivity index (χ0) is 19.3. The van der Waals surface area contributed by atoms with Gasteiger partial charge in [0.15, 0.2) is 11.5 Å². The van der Waals surface area contributed by atoms with Crippen molar-refractivity contribution in [3.63, 3.8) is 0 Å². The average Bonchev–Trinajstić information content (AvgIpc) is 2.85. The number of urea groups is 1. The average molecular weight is 363 g/mol. The first kappa shape index (κ1) is 19.6. The summed E-state index contributed by atoms with van der Waals surface area (Å²) in [4.78, 5) is 37.4. The molecule has 0 spiro atoms. The molecule has 0 aromatic heterocycles. The molecule has 1 aliphatic heterocycles. The molecule has 1 atom stereocenters. The normalized spacial score (nSPS) is 16.7. The zero-order valence-corrected chi connectivity index (χ0v) is 15.5. The molecule has 1 heterocycles. The minimum Gasteiger partial charge on any atom is -0.493 e. The topological polar surface area (TPSA) is 97.0 Å². The van der Waals surface area contributed by atoms with Crippen LogP contribution in [0.2, 0.25) is 0 Å². The molecule has 2 N–H and O–H groups in total. The smallest absolute Gasteiger partial charge is 0.324 e. The van der Waals surface area contributed by atoms with E-state index in [0.29, 0.717) is 17.9 Å². The van der Waals surface area contributed by atoms with E-state index in [1.807, 2.05) is 26.0 Å². The van der Waals surface area contributed by atoms with Gasteiger partial charge in [0.05, 0.1) is 20.6 Å². The number of hydrogen-bond acceptors (Lipinski definition) is 5. The monoisotopic (exact) mass is 363 g/mol. The summed E-state index contributed by atoms with van der Waals surface area (Å²) in [5, 5.41) is 5.28. The van der Waals surface area contributed by atoms with Crippen LogP contribution in [0.25, 0.3) is 0 Å². The SMILES string of the molecule is COc1ccc(CCN2C(=O)N[C@@H](CC(=O)NC(C)C)C2=O)cc1OC. The first-order chi connectivity index (χ1) is 12.3. The second kappa shape index (κ2) is 8.55. The maximum Gasteiger partial charge on any atom is 0.324 e. The van der Waals surface area contributed by atoms with Crippen LogP contribution in [0.1, 0.15) is 25.8 Å². The Labute approximate surface area is 152 Å². The fourth-order valence-electron chi connectivity index (χ4n) is 2.77. The molecule has 142 valence electrons. The Balaban J connectivity index is 1.96. The second-order valence-corrected chi connectivity index (χ2v) is 6.36. The molecule has 0 radical (unpaired) electrons. The predicted octanol–water partition coefficient (Wildman–Crippen LogP) is 1.08. The Bertz CT molecular complexity index is 689. The van der Waals surface area contributed by atoms with Gasteiger partial charge in [0, 0.05) is 12.6 Å². The molecule has 8 heteroatoms. The number of amides is 4. The highest BCUT2D eigenvalue weighted by atomic mass is 16.5. The van der Waals surface area contributed by atoms with Crippen LogP contribution in [-0.2, 0) is 16.0 Å². The number of benzene rings is 1. The Morgan fingerprint density at radius 1 is 1.23 bits per heavy atom. The Morgan fingerprint density at radius 2 is 1.92 bits per heavy atom. The van der Waals surface area contributed by atoms with Crippen molar-refractivity contribution in [2.24, 2.45) is 0 Å². The summed E-state index contributed by atoms with van der Waals surface area (Å²) in [6.45, 7) is 3.90. The number of rotatable bonds is 8. The van der Waals surface area contributed by atoms with E-state index < -0.39 is 12.1 Å². The lowest BCUT2D eigenvalue weighted by molar-refractivity contribution is -0.131. The number of nitrogens with zero attached hydrogens (tertiary/aromatic N) is 1. The van der Waals surface area contributed by atoms with Gasteiger partial charge in [-0.2, -0.15) is 0 Å². The number of carbonyl (C=O) groups excluding carboxylic acids is 3. The third-order valence-corrected chi connectivity index (χ3v) is 4.02. The lowest BCUT2D eigenvalue weighted by atomic mass is 10.1. The van der Waals surface area contributed by atoms with Crippen LogP contribution in [0.4, 0.5) is 4.79 Å². The Hall–Kier alpha value is -2.77. The largest absolute Gasteiger partial charge is 0.493 e. The van der Waals surface area contributed by atoms with Gasteiger partial charge in [-0.3, -0.25) is 14.5 Å². The molecular weight excluding hydrogens is 338 g/mol. The van der Waals surface area contributed by atoms with Crippen molar-refractivity contribution in [3.8, 4) is 11.5 Å². The summed E-state index contributed by atoms with van der Waals surface area (Å²) in [5.41, 5.74) is 0.907. The van der Waals surface area contributed by atoms with Crippen molar-refractivity contribution in [2.75, 3.05) is 20.8 Å². The van der Waals surface area contributed by atoms with Crippen LogP contribution in [-0.4, -0.2) is 55.6 Å². The van der Waals surface area contributed by atoms with Gasteiger partial charge < -0.3 is 20.1 Å². The Kier molecular flexibility index (Phi) is 6.43. The van der Waals surface area contributed by atoms with Crippen LogP contribution in [0.5, 0.6) is 11.5 Å². The van der Waals surface area contributed by atoms with Gasteiger partial charge in [-0.1, -0.05) is 6.07 Å². The van der Waals surface area contributed by atoms with Crippen molar-refractivity contribution in [1.29, 1.82) is 0 Å². The molecule has 4 amide bonds. The number of hydrogen-bond donors (Lipinski definition) is 2. The second-order valence-electron chi connectivity index (χ2n) is 6.36. The van der Waals surface area contributed by atoms with E-state index in [4.69, 9.17) is 9.47 Å². The van der Waals surface area contributed by atoms with Crippen molar-refractivity contribution in [3.05, 3.63) is 23.8 Å². The van der Waals surface area contributed by atoms with Crippen LogP contribution in [0.15, 0.2) is 18.2 Å². The van der Waals surface area contributed by atoms with Crippen LogP contribution < -0.4 is 20.1 Å². The minimum absolute atomic E-state index is 0.0177. The maximum absolute atomic E-state index is 12.4. The van der Waals surface area contributed by atoms with Crippen molar-refractivity contribution in [2.45, 2.75) is 38.8 Å². The van der Waals surface area contributed by atoms with E-state index in [-0.39, 0.29) is 30.8 Å². The first-order valence-corrected chi connectivity index (χ1v) is 8.47. The molecule has 0 aliphatic carbocycles. The summed E-state index contributed by atoms with van der Waals surface area (Å²) in [6, 6.07) is 4.14. The summed E-state index contributed by atoms with van der Waals surface area (Å²) in [7, 11) is 3.10. The molecule has 1 saturated heterocycles. The van der Waals surface area contributed by atoms with E-state index in [9.17, 15) is 14.4 Å². The van der Waals surface area contributed by atoms with E-state index in [1.165, 1.54) is 0 Å². The van der Waals surface area contributed by atoms with E-state index >= 15 is 0 Å². The third kappa shape index (κ3) is 4.65. The summed E-state index contributed by atoms with van der Waals surface area (Å²) in [5.74, 6) is 0.558. The predicted molar refractivity (Wildman–Crippen MR) is 95.2 cm³/mol.